The van der Waals surface area contributed by atoms with Crippen LogP contribution in [-0.2, 0) is 6.54 Å². The first kappa shape index (κ1) is 9.62. The minimum atomic E-state index is 0.416. The normalized spacial score (nSPS) is 9.53. The Morgan fingerprint density at radius 3 is 3.07 bits per heavy atom. The monoisotopic (exact) mass is 216 g/mol. The highest BCUT2D eigenvalue weighted by atomic mass is 32.1. The van der Waals surface area contributed by atoms with Crippen molar-refractivity contribution in [1.29, 1.82) is 5.26 Å². The molecule has 0 atom stereocenters. The van der Waals surface area contributed by atoms with Gasteiger partial charge >= 0.3 is 0 Å². The molecule has 0 aromatic carbocycles. The lowest BCUT2D eigenvalue weighted by Gasteiger charge is -2.03. The Labute approximate surface area is 91.2 Å². The van der Waals surface area contributed by atoms with Crippen LogP contribution in [-0.4, -0.2) is 9.97 Å². The Kier molecular flexibility index (Phi) is 2.90. The molecule has 2 aromatic rings. The molecule has 0 unspecified atom stereocenters. The lowest BCUT2D eigenvalue weighted by atomic mass is 10.3. The molecule has 0 saturated heterocycles. The van der Waals surface area contributed by atoms with E-state index in [4.69, 9.17) is 5.26 Å². The number of pyridine rings is 1. The Bertz CT molecular complexity index is 472. The van der Waals surface area contributed by atoms with Crippen molar-refractivity contribution in [2.45, 2.75) is 6.54 Å². The van der Waals surface area contributed by atoms with Gasteiger partial charge in [0.15, 0.2) is 0 Å². The standard InChI is InChI=1S/C10H8N4S/c11-6-9-5-8(1-2-12-9)14-7-10-13-3-4-15-10/h1-5H,7H2,(H,12,14). The molecule has 0 aliphatic rings. The van der Waals surface area contributed by atoms with Crippen molar-refractivity contribution in [2.75, 3.05) is 5.32 Å². The first-order valence-corrected chi connectivity index (χ1v) is 5.25. The fraction of sp³-hybridized carbons (Fsp3) is 0.100. The summed E-state index contributed by atoms with van der Waals surface area (Å²) in [5.41, 5.74) is 1.30. The Morgan fingerprint density at radius 2 is 2.33 bits per heavy atom. The van der Waals surface area contributed by atoms with Gasteiger partial charge in [0.05, 0.1) is 6.54 Å². The number of thiazole rings is 1. The van der Waals surface area contributed by atoms with Gasteiger partial charge < -0.3 is 5.32 Å². The van der Waals surface area contributed by atoms with Crippen molar-refractivity contribution in [2.24, 2.45) is 0 Å². The Balaban J connectivity index is 2.02. The molecular formula is C10H8N4S. The van der Waals surface area contributed by atoms with E-state index in [1.54, 1.807) is 29.8 Å². The van der Waals surface area contributed by atoms with E-state index in [9.17, 15) is 0 Å². The van der Waals surface area contributed by atoms with E-state index in [1.807, 2.05) is 17.5 Å². The lowest BCUT2D eigenvalue weighted by molar-refractivity contribution is 1.10. The lowest BCUT2D eigenvalue weighted by Crippen LogP contribution is -1.99. The molecule has 2 aromatic heterocycles. The summed E-state index contributed by atoms with van der Waals surface area (Å²) in [5.74, 6) is 0. The van der Waals surface area contributed by atoms with Crippen LogP contribution in [0.25, 0.3) is 0 Å². The molecule has 2 heterocycles. The molecule has 4 nitrogen and oxygen atoms in total. The highest BCUT2D eigenvalue weighted by molar-refractivity contribution is 7.09. The fourth-order valence-electron chi connectivity index (χ4n) is 1.12. The van der Waals surface area contributed by atoms with E-state index in [1.165, 1.54) is 0 Å². The van der Waals surface area contributed by atoms with Crippen molar-refractivity contribution >= 4 is 17.0 Å². The number of hydrogen-bond acceptors (Lipinski definition) is 5. The first-order valence-electron chi connectivity index (χ1n) is 4.37. The topological polar surface area (TPSA) is 61.6 Å². The van der Waals surface area contributed by atoms with Gasteiger partial charge in [-0.3, -0.25) is 0 Å². The number of nitriles is 1. The predicted octanol–water partition coefficient (Wildman–Crippen LogP) is 2.02. The summed E-state index contributed by atoms with van der Waals surface area (Å²) in [4.78, 5) is 8.04. The van der Waals surface area contributed by atoms with Crippen LogP contribution in [0.1, 0.15) is 10.7 Å². The molecule has 0 aliphatic carbocycles. The van der Waals surface area contributed by atoms with Crippen molar-refractivity contribution < 1.29 is 0 Å². The Morgan fingerprint density at radius 1 is 1.40 bits per heavy atom. The minimum Gasteiger partial charge on any atom is -0.378 e. The summed E-state index contributed by atoms with van der Waals surface area (Å²) >= 11 is 1.60. The van der Waals surface area contributed by atoms with Gasteiger partial charge in [-0.15, -0.1) is 11.3 Å². The SMILES string of the molecule is N#Cc1cc(NCc2nccs2)ccn1. The van der Waals surface area contributed by atoms with Gasteiger partial charge in [0.2, 0.25) is 0 Å². The third-order valence-corrected chi connectivity index (χ3v) is 2.58. The molecule has 1 N–H and O–H groups in total. The molecule has 0 spiro atoms. The second-order valence-corrected chi connectivity index (χ2v) is 3.80. The van der Waals surface area contributed by atoms with Gasteiger partial charge in [-0.25, -0.2) is 9.97 Å². The second kappa shape index (κ2) is 4.53. The summed E-state index contributed by atoms with van der Waals surface area (Å²) < 4.78 is 0. The summed E-state index contributed by atoms with van der Waals surface area (Å²) in [7, 11) is 0. The zero-order chi connectivity index (χ0) is 10.5. The Hall–Kier alpha value is -1.93. The van der Waals surface area contributed by atoms with Gasteiger partial charge in [0.1, 0.15) is 16.8 Å². The largest absolute Gasteiger partial charge is 0.378 e. The average Bonchev–Trinajstić information content (AvgIpc) is 2.79. The van der Waals surface area contributed by atoms with Crippen LogP contribution in [0.4, 0.5) is 5.69 Å². The molecule has 0 aliphatic heterocycles. The summed E-state index contributed by atoms with van der Waals surface area (Å²) in [6.07, 6.45) is 3.39. The van der Waals surface area contributed by atoms with Crippen LogP contribution in [0, 0.1) is 11.3 Å². The summed E-state index contributed by atoms with van der Waals surface area (Å²) in [5, 5.41) is 14.8. The maximum atomic E-state index is 8.66. The first-order chi connectivity index (χ1) is 7.38. The van der Waals surface area contributed by atoms with Gasteiger partial charge in [-0.2, -0.15) is 5.26 Å². The average molecular weight is 216 g/mol. The third-order valence-electron chi connectivity index (χ3n) is 1.80. The van der Waals surface area contributed by atoms with Gasteiger partial charge in [0.25, 0.3) is 0 Å². The molecule has 0 amide bonds. The van der Waals surface area contributed by atoms with Gasteiger partial charge in [-0.1, -0.05) is 0 Å². The number of rotatable bonds is 3. The zero-order valence-corrected chi connectivity index (χ0v) is 8.66. The van der Waals surface area contributed by atoms with E-state index in [0.29, 0.717) is 12.2 Å². The van der Waals surface area contributed by atoms with Gasteiger partial charge in [0, 0.05) is 23.5 Å². The minimum absolute atomic E-state index is 0.416. The van der Waals surface area contributed by atoms with Crippen LogP contribution in [0.3, 0.4) is 0 Å². The summed E-state index contributed by atoms with van der Waals surface area (Å²) in [6, 6.07) is 5.54. The quantitative estimate of drug-likeness (QED) is 0.852. The molecule has 0 bridgehead atoms. The van der Waals surface area contributed by atoms with Crippen molar-refractivity contribution in [3.05, 3.63) is 40.6 Å². The molecule has 74 valence electrons. The third kappa shape index (κ3) is 2.51. The van der Waals surface area contributed by atoms with E-state index >= 15 is 0 Å². The molecule has 2 rings (SSSR count). The van der Waals surface area contributed by atoms with Gasteiger partial charge in [-0.05, 0) is 12.1 Å². The van der Waals surface area contributed by atoms with Crippen LogP contribution in [0.15, 0.2) is 29.9 Å². The van der Waals surface area contributed by atoms with E-state index < -0.39 is 0 Å². The highest BCUT2D eigenvalue weighted by Crippen LogP contribution is 2.10. The van der Waals surface area contributed by atoms with E-state index in [-0.39, 0.29) is 0 Å². The highest BCUT2D eigenvalue weighted by Gasteiger charge is 1.97. The second-order valence-electron chi connectivity index (χ2n) is 2.82. The predicted molar refractivity (Wildman–Crippen MR) is 58.4 cm³/mol. The van der Waals surface area contributed by atoms with E-state index in [2.05, 4.69) is 15.3 Å². The maximum Gasteiger partial charge on any atom is 0.142 e. The number of aromatic nitrogens is 2. The molecular weight excluding hydrogens is 208 g/mol. The van der Waals surface area contributed by atoms with E-state index in [0.717, 1.165) is 10.7 Å². The van der Waals surface area contributed by atoms with Crippen molar-refractivity contribution in [1.82, 2.24) is 9.97 Å². The fourth-order valence-corrected chi connectivity index (χ4v) is 1.68. The molecule has 15 heavy (non-hydrogen) atoms. The van der Waals surface area contributed by atoms with Crippen LogP contribution >= 0.6 is 11.3 Å². The molecule has 0 radical (unpaired) electrons. The molecule has 5 heteroatoms. The van der Waals surface area contributed by atoms with Crippen molar-refractivity contribution in [3.8, 4) is 6.07 Å². The van der Waals surface area contributed by atoms with Crippen molar-refractivity contribution in [3.63, 3.8) is 0 Å². The number of nitrogens with zero attached hydrogens (tertiary/aromatic N) is 3. The van der Waals surface area contributed by atoms with Crippen LogP contribution in [0.5, 0.6) is 0 Å². The summed E-state index contributed by atoms with van der Waals surface area (Å²) in [6.45, 7) is 0.673. The molecule has 0 fully saturated rings. The number of nitrogens with one attached hydrogen (secondary N) is 1. The van der Waals surface area contributed by atoms with Crippen LogP contribution < -0.4 is 5.32 Å². The zero-order valence-electron chi connectivity index (χ0n) is 7.84. The maximum absolute atomic E-state index is 8.66. The smallest absolute Gasteiger partial charge is 0.142 e. The number of anilines is 1. The van der Waals surface area contributed by atoms with Crippen LogP contribution in [0.2, 0.25) is 0 Å². The number of hydrogen-bond donors (Lipinski definition) is 1. The molecule has 0 saturated carbocycles.